The van der Waals surface area contributed by atoms with E-state index in [0.717, 1.165) is 0 Å². The Balaban J connectivity index is 0.000000184. The number of phenolic OH excluding ortho intramolecular Hbond substituents is 2. The Labute approximate surface area is 103 Å². The number of hydrogen-bond acceptors (Lipinski definition) is 5. The predicted molar refractivity (Wildman–Crippen MR) is 67.3 cm³/mol. The van der Waals surface area contributed by atoms with Crippen molar-refractivity contribution in [1.82, 2.24) is 0 Å². The van der Waals surface area contributed by atoms with Gasteiger partial charge in [0.1, 0.15) is 5.75 Å². The molecule has 18 heavy (non-hydrogen) atoms. The third-order valence-electron chi connectivity index (χ3n) is 1.97. The average molecular weight is 248 g/mol. The van der Waals surface area contributed by atoms with E-state index in [1.807, 2.05) is 0 Å². The number of benzene rings is 2. The predicted octanol–water partition coefficient (Wildman–Crippen LogP) is 2.27. The number of nitro groups is 1. The summed E-state index contributed by atoms with van der Waals surface area (Å²) in [5, 5.41) is 27.6. The van der Waals surface area contributed by atoms with E-state index in [4.69, 9.17) is 15.9 Å². The highest BCUT2D eigenvalue weighted by atomic mass is 16.6. The molecule has 0 amide bonds. The lowest BCUT2D eigenvalue weighted by Crippen LogP contribution is -1.86. The molecule has 0 atom stereocenters. The van der Waals surface area contributed by atoms with Crippen LogP contribution in [0.2, 0.25) is 0 Å². The molecule has 0 aromatic heterocycles. The van der Waals surface area contributed by atoms with E-state index in [1.54, 1.807) is 24.3 Å². The van der Waals surface area contributed by atoms with Gasteiger partial charge in [0.25, 0.3) is 0 Å². The molecule has 94 valence electrons. The average Bonchev–Trinajstić information content (AvgIpc) is 2.34. The van der Waals surface area contributed by atoms with E-state index in [-0.39, 0.29) is 17.2 Å². The van der Waals surface area contributed by atoms with Crippen molar-refractivity contribution in [2.75, 3.05) is 5.73 Å². The molecule has 2 rings (SSSR count). The molecular formula is C12H12N2O4. The van der Waals surface area contributed by atoms with Crippen LogP contribution < -0.4 is 5.73 Å². The molecule has 2 aromatic carbocycles. The standard InChI is InChI=1S/C6H5NO3.C6H7NO/c8-6-4-2-1-3-5(6)7(9)10;7-5-1-3-6(8)4-2-5/h1-4,8H;1-4,8H,7H2. The summed E-state index contributed by atoms with van der Waals surface area (Å²) in [6, 6.07) is 11.9. The van der Waals surface area contributed by atoms with E-state index in [0.29, 0.717) is 5.69 Å². The van der Waals surface area contributed by atoms with Crippen LogP contribution >= 0.6 is 0 Å². The lowest BCUT2D eigenvalue weighted by molar-refractivity contribution is -0.385. The highest BCUT2D eigenvalue weighted by Gasteiger charge is 2.09. The second kappa shape index (κ2) is 6.09. The molecule has 0 unspecified atom stereocenters. The fourth-order valence-corrected chi connectivity index (χ4v) is 1.09. The van der Waals surface area contributed by atoms with Gasteiger partial charge in [-0.15, -0.1) is 0 Å². The molecule has 6 heteroatoms. The zero-order chi connectivity index (χ0) is 13.5. The minimum Gasteiger partial charge on any atom is -0.508 e. The number of rotatable bonds is 1. The van der Waals surface area contributed by atoms with Crippen molar-refractivity contribution in [2.24, 2.45) is 0 Å². The van der Waals surface area contributed by atoms with E-state index in [2.05, 4.69) is 0 Å². The van der Waals surface area contributed by atoms with E-state index in [9.17, 15) is 10.1 Å². The fraction of sp³-hybridized carbons (Fsp3) is 0. The number of aromatic hydroxyl groups is 2. The SMILES string of the molecule is Nc1ccc(O)cc1.O=[N+]([O-])c1ccccc1O. The van der Waals surface area contributed by atoms with Gasteiger partial charge < -0.3 is 15.9 Å². The molecule has 0 fully saturated rings. The van der Waals surface area contributed by atoms with Crippen molar-refractivity contribution < 1.29 is 15.1 Å². The highest BCUT2D eigenvalue weighted by molar-refractivity contribution is 5.44. The second-order valence-corrected chi connectivity index (χ2v) is 3.34. The Bertz CT molecular complexity index is 505. The topological polar surface area (TPSA) is 110 Å². The van der Waals surface area contributed by atoms with Crippen LogP contribution in [0.15, 0.2) is 48.5 Å². The first kappa shape index (κ1) is 13.3. The Morgan fingerprint density at radius 1 is 1.00 bits per heavy atom. The van der Waals surface area contributed by atoms with Crippen molar-refractivity contribution in [3.63, 3.8) is 0 Å². The van der Waals surface area contributed by atoms with Crippen LogP contribution in [0.4, 0.5) is 11.4 Å². The third-order valence-corrected chi connectivity index (χ3v) is 1.97. The zero-order valence-electron chi connectivity index (χ0n) is 9.35. The van der Waals surface area contributed by atoms with E-state index < -0.39 is 4.92 Å². The second-order valence-electron chi connectivity index (χ2n) is 3.34. The van der Waals surface area contributed by atoms with Crippen LogP contribution in [0.3, 0.4) is 0 Å². The molecule has 0 bridgehead atoms. The molecule has 0 aliphatic rings. The number of nitrogens with zero attached hydrogens (tertiary/aromatic N) is 1. The number of anilines is 1. The van der Waals surface area contributed by atoms with Gasteiger partial charge in [0.05, 0.1) is 4.92 Å². The molecule has 0 saturated heterocycles. The van der Waals surface area contributed by atoms with Crippen LogP contribution in [-0.2, 0) is 0 Å². The molecule has 0 heterocycles. The quantitative estimate of drug-likeness (QED) is 0.310. The van der Waals surface area contributed by atoms with Crippen LogP contribution in [-0.4, -0.2) is 15.1 Å². The van der Waals surface area contributed by atoms with Crippen molar-refractivity contribution in [1.29, 1.82) is 0 Å². The fourth-order valence-electron chi connectivity index (χ4n) is 1.09. The summed E-state index contributed by atoms with van der Waals surface area (Å²) in [6.45, 7) is 0. The number of nitro benzene ring substituents is 1. The number of hydrogen-bond donors (Lipinski definition) is 3. The van der Waals surface area contributed by atoms with Gasteiger partial charge in [-0.25, -0.2) is 0 Å². The zero-order valence-corrected chi connectivity index (χ0v) is 9.35. The van der Waals surface area contributed by atoms with Crippen LogP contribution in [0.25, 0.3) is 0 Å². The van der Waals surface area contributed by atoms with Crippen molar-refractivity contribution >= 4 is 11.4 Å². The Hall–Kier alpha value is -2.76. The van der Waals surface area contributed by atoms with Gasteiger partial charge in [-0.1, -0.05) is 12.1 Å². The molecule has 4 N–H and O–H groups in total. The van der Waals surface area contributed by atoms with Gasteiger partial charge in [0, 0.05) is 11.8 Å². The largest absolute Gasteiger partial charge is 0.508 e. The summed E-state index contributed by atoms with van der Waals surface area (Å²) >= 11 is 0. The van der Waals surface area contributed by atoms with E-state index >= 15 is 0 Å². The molecule has 6 nitrogen and oxygen atoms in total. The van der Waals surface area contributed by atoms with Gasteiger partial charge >= 0.3 is 5.69 Å². The number of phenols is 2. The molecule has 0 spiro atoms. The van der Waals surface area contributed by atoms with Gasteiger partial charge in [0.15, 0.2) is 5.75 Å². The van der Waals surface area contributed by atoms with Crippen molar-refractivity contribution in [3.8, 4) is 11.5 Å². The molecule has 0 aliphatic heterocycles. The minimum atomic E-state index is -0.630. The maximum Gasteiger partial charge on any atom is 0.310 e. The lowest BCUT2D eigenvalue weighted by Gasteiger charge is -1.91. The summed E-state index contributed by atoms with van der Waals surface area (Å²) in [6.07, 6.45) is 0. The molecular weight excluding hydrogens is 236 g/mol. The summed E-state index contributed by atoms with van der Waals surface area (Å²) in [7, 11) is 0. The van der Waals surface area contributed by atoms with E-state index in [1.165, 1.54) is 24.3 Å². The first-order chi connectivity index (χ1) is 8.50. The Kier molecular flexibility index (Phi) is 4.50. The molecule has 0 aliphatic carbocycles. The summed E-state index contributed by atoms with van der Waals surface area (Å²) in [5.41, 5.74) is 5.72. The van der Waals surface area contributed by atoms with Gasteiger partial charge in [-0.3, -0.25) is 10.1 Å². The highest BCUT2D eigenvalue weighted by Crippen LogP contribution is 2.23. The third kappa shape index (κ3) is 4.01. The summed E-state index contributed by atoms with van der Waals surface area (Å²) < 4.78 is 0. The molecule has 0 radical (unpaired) electrons. The van der Waals surface area contributed by atoms with Crippen molar-refractivity contribution in [3.05, 3.63) is 58.6 Å². The first-order valence-electron chi connectivity index (χ1n) is 4.97. The maximum absolute atomic E-state index is 10.1. The normalized spacial score (nSPS) is 9.11. The lowest BCUT2D eigenvalue weighted by atomic mass is 10.3. The van der Waals surface area contributed by atoms with Crippen molar-refractivity contribution in [2.45, 2.75) is 0 Å². The van der Waals surface area contributed by atoms with Gasteiger partial charge in [-0.2, -0.15) is 0 Å². The Morgan fingerprint density at radius 3 is 1.94 bits per heavy atom. The van der Waals surface area contributed by atoms with Crippen LogP contribution in [0, 0.1) is 10.1 Å². The Morgan fingerprint density at radius 2 is 1.56 bits per heavy atom. The van der Waals surface area contributed by atoms with Gasteiger partial charge in [-0.05, 0) is 30.3 Å². The van der Waals surface area contributed by atoms with Crippen LogP contribution in [0.5, 0.6) is 11.5 Å². The summed E-state index contributed by atoms with van der Waals surface area (Å²) in [5.74, 6) is -0.0494. The van der Waals surface area contributed by atoms with Crippen LogP contribution in [0.1, 0.15) is 0 Å². The van der Waals surface area contributed by atoms with Gasteiger partial charge in [0.2, 0.25) is 0 Å². The number of para-hydroxylation sites is 2. The monoisotopic (exact) mass is 248 g/mol. The molecule has 2 aromatic rings. The smallest absolute Gasteiger partial charge is 0.310 e. The number of nitrogen functional groups attached to an aromatic ring is 1. The maximum atomic E-state index is 10.1. The first-order valence-corrected chi connectivity index (χ1v) is 4.97. The molecule has 0 saturated carbocycles. The summed E-state index contributed by atoms with van der Waals surface area (Å²) in [4.78, 5) is 9.44. The minimum absolute atomic E-state index is 0.249. The number of nitrogens with two attached hydrogens (primary N) is 1.